The predicted octanol–water partition coefficient (Wildman–Crippen LogP) is 20.1. The van der Waals surface area contributed by atoms with Crippen LogP contribution in [0.2, 0.25) is 0 Å². The van der Waals surface area contributed by atoms with Crippen LogP contribution in [0.3, 0.4) is 0 Å². The molecule has 6 nitrogen and oxygen atoms in total. The summed E-state index contributed by atoms with van der Waals surface area (Å²) in [5.41, 5.74) is 0. The van der Waals surface area contributed by atoms with Gasteiger partial charge in [-0.1, -0.05) is 272 Å². The lowest BCUT2D eigenvalue weighted by Crippen LogP contribution is -2.32. The van der Waals surface area contributed by atoms with E-state index in [-0.39, 0.29) is 5.37 Å². The number of hydrogen-bond donors (Lipinski definition) is 0. The van der Waals surface area contributed by atoms with Crippen molar-refractivity contribution in [2.45, 2.75) is 336 Å². The fourth-order valence-electron chi connectivity index (χ4n) is 10.00. The van der Waals surface area contributed by atoms with Gasteiger partial charge in [-0.3, -0.25) is 14.4 Å². The van der Waals surface area contributed by atoms with Gasteiger partial charge in [-0.05, 0) is 63.0 Å². The monoisotopic (exact) mass is 978 g/mol. The zero-order valence-corrected chi connectivity index (χ0v) is 47.4. The van der Waals surface area contributed by atoms with Gasteiger partial charge in [-0.2, -0.15) is 0 Å². The highest BCUT2D eigenvalue weighted by Crippen LogP contribution is 2.18. The molecule has 0 aromatic heterocycles. The summed E-state index contributed by atoms with van der Waals surface area (Å²) in [6.07, 6.45) is 59.3. The Hall–Kier alpha value is -1.30. The molecule has 0 N–H and O–H groups in total. The van der Waals surface area contributed by atoms with Crippen LogP contribution in [-0.2, 0) is 9.59 Å². The van der Waals surface area contributed by atoms with E-state index in [1.54, 1.807) is 0 Å². The van der Waals surface area contributed by atoms with E-state index in [2.05, 4.69) is 37.5 Å². The highest BCUT2D eigenvalue weighted by Gasteiger charge is 2.15. The van der Waals surface area contributed by atoms with Crippen molar-refractivity contribution in [1.82, 2.24) is 14.7 Å². The molecule has 0 saturated heterocycles. The normalized spacial score (nSPS) is 11.4. The highest BCUT2D eigenvalue weighted by molar-refractivity contribution is 6.62. The highest BCUT2D eigenvalue weighted by atomic mass is 35.5. The van der Waals surface area contributed by atoms with Crippen molar-refractivity contribution < 1.29 is 14.4 Å². The van der Waals surface area contributed by atoms with Gasteiger partial charge >= 0.3 is 5.37 Å². The number of hydrogen-bond acceptors (Lipinski definition) is 3. The van der Waals surface area contributed by atoms with Gasteiger partial charge in [0.25, 0.3) is 0 Å². The van der Waals surface area contributed by atoms with Gasteiger partial charge < -0.3 is 14.7 Å². The lowest BCUT2D eigenvalue weighted by molar-refractivity contribution is -0.132. The van der Waals surface area contributed by atoms with E-state index in [1.165, 1.54) is 231 Å². The van der Waals surface area contributed by atoms with Gasteiger partial charge in [-0.25, -0.2) is 0 Å². The van der Waals surface area contributed by atoms with Crippen molar-refractivity contribution in [1.29, 1.82) is 0 Å². The van der Waals surface area contributed by atoms with Crippen LogP contribution in [0.4, 0.5) is 4.79 Å². The Kier molecular flexibility index (Phi) is 54.0. The second-order valence-electron chi connectivity index (χ2n) is 21.4. The third-order valence-corrected chi connectivity index (χ3v) is 15.0. The van der Waals surface area contributed by atoms with Crippen LogP contribution < -0.4 is 0 Å². The van der Waals surface area contributed by atoms with Crippen molar-refractivity contribution in [2.24, 2.45) is 0 Å². The Morgan fingerprint density at radius 1 is 0.235 bits per heavy atom. The molecule has 0 aromatic rings. The minimum atomic E-state index is -0.292. The number of amides is 3. The summed E-state index contributed by atoms with van der Waals surface area (Å²) in [5.74, 6) is 0.795. The standard InChI is InChI=1S/C61H120ClN3O3/c1-5-9-13-17-19-21-23-29-37-45-53-63(59(66)51-43-35-15-11-7-3)55-47-39-31-25-27-33-41-49-57-65(61(62)68)58-50-42-34-28-26-32-40-48-56-64(60(67)52-44-36-16-12-8-4)54-46-38-30-24-22-20-18-14-10-6-2/h5-58H2,1-4H3. The van der Waals surface area contributed by atoms with Crippen molar-refractivity contribution >= 4 is 28.8 Å². The summed E-state index contributed by atoms with van der Waals surface area (Å²) in [6.45, 7) is 14.4. The van der Waals surface area contributed by atoms with E-state index in [0.29, 0.717) is 11.8 Å². The van der Waals surface area contributed by atoms with Crippen LogP contribution in [0.15, 0.2) is 0 Å². The predicted molar refractivity (Wildman–Crippen MR) is 300 cm³/mol. The van der Waals surface area contributed by atoms with E-state index in [1.807, 2.05) is 4.90 Å². The Balaban J connectivity index is 4.19. The molecule has 0 spiro atoms. The molecule has 0 radical (unpaired) electrons. The summed E-state index contributed by atoms with van der Waals surface area (Å²) in [5, 5.41) is -0.292. The molecular weight excluding hydrogens is 858 g/mol. The van der Waals surface area contributed by atoms with Crippen molar-refractivity contribution in [3.63, 3.8) is 0 Å². The first-order valence-electron chi connectivity index (χ1n) is 30.9. The molecule has 0 saturated carbocycles. The maximum atomic E-state index is 13.2. The van der Waals surface area contributed by atoms with E-state index < -0.39 is 0 Å². The van der Waals surface area contributed by atoms with E-state index in [9.17, 15) is 14.4 Å². The average Bonchev–Trinajstić information content (AvgIpc) is 3.33. The minimum absolute atomic E-state index is 0.292. The van der Waals surface area contributed by atoms with Crippen LogP contribution in [0, 0.1) is 0 Å². The summed E-state index contributed by atoms with van der Waals surface area (Å²) in [4.78, 5) is 44.8. The summed E-state index contributed by atoms with van der Waals surface area (Å²) in [6, 6.07) is 0. The average molecular weight is 979 g/mol. The Morgan fingerprint density at radius 2 is 0.397 bits per heavy atom. The fraction of sp³-hybridized carbons (Fsp3) is 0.951. The molecular formula is C61H120ClN3O3. The van der Waals surface area contributed by atoms with Gasteiger partial charge in [0.1, 0.15) is 0 Å². The molecule has 0 unspecified atom stereocenters. The van der Waals surface area contributed by atoms with Crippen LogP contribution >= 0.6 is 11.6 Å². The number of halogens is 1. The van der Waals surface area contributed by atoms with Crippen LogP contribution in [0.5, 0.6) is 0 Å². The van der Waals surface area contributed by atoms with Crippen LogP contribution in [0.1, 0.15) is 336 Å². The second kappa shape index (κ2) is 55.0. The van der Waals surface area contributed by atoms with Crippen molar-refractivity contribution in [3.8, 4) is 0 Å². The molecule has 3 amide bonds. The molecule has 0 aromatic carbocycles. The lowest BCUT2D eigenvalue weighted by Gasteiger charge is -2.23. The molecule has 0 aliphatic heterocycles. The first-order chi connectivity index (χ1) is 33.4. The molecule has 404 valence electrons. The fourth-order valence-corrected chi connectivity index (χ4v) is 10.2. The van der Waals surface area contributed by atoms with E-state index in [0.717, 1.165) is 116 Å². The molecule has 0 aliphatic carbocycles. The first kappa shape index (κ1) is 66.7. The topological polar surface area (TPSA) is 60.9 Å². The minimum Gasteiger partial charge on any atom is -0.343 e. The van der Waals surface area contributed by atoms with Gasteiger partial charge in [-0.15, -0.1) is 0 Å². The zero-order valence-electron chi connectivity index (χ0n) is 46.6. The summed E-state index contributed by atoms with van der Waals surface area (Å²) >= 11 is 6.02. The van der Waals surface area contributed by atoms with Gasteiger partial charge in [0.05, 0.1) is 0 Å². The molecule has 68 heavy (non-hydrogen) atoms. The van der Waals surface area contributed by atoms with Gasteiger partial charge in [0, 0.05) is 52.1 Å². The second-order valence-corrected chi connectivity index (χ2v) is 21.7. The lowest BCUT2D eigenvalue weighted by atomic mass is 10.1. The zero-order chi connectivity index (χ0) is 49.6. The largest absolute Gasteiger partial charge is 0.343 e. The smallest absolute Gasteiger partial charge is 0.316 e. The molecule has 0 atom stereocenters. The van der Waals surface area contributed by atoms with E-state index >= 15 is 0 Å². The number of nitrogens with zero attached hydrogens (tertiary/aromatic N) is 3. The first-order valence-corrected chi connectivity index (χ1v) is 31.3. The Morgan fingerprint density at radius 3 is 0.588 bits per heavy atom. The molecule has 0 fully saturated rings. The van der Waals surface area contributed by atoms with E-state index in [4.69, 9.17) is 11.6 Å². The van der Waals surface area contributed by atoms with Gasteiger partial charge in [0.2, 0.25) is 11.8 Å². The Labute approximate surface area is 431 Å². The number of unbranched alkanes of at least 4 members (excludes halogenated alkanes) is 40. The van der Waals surface area contributed by atoms with Crippen molar-refractivity contribution in [2.75, 3.05) is 39.3 Å². The third-order valence-electron chi connectivity index (χ3n) is 14.7. The maximum Gasteiger partial charge on any atom is 0.316 e. The molecule has 0 aliphatic rings. The summed E-state index contributed by atoms with van der Waals surface area (Å²) in [7, 11) is 0. The maximum absolute atomic E-state index is 13.2. The third kappa shape index (κ3) is 47.0. The van der Waals surface area contributed by atoms with Gasteiger partial charge in [0.15, 0.2) is 0 Å². The van der Waals surface area contributed by atoms with Crippen molar-refractivity contribution in [3.05, 3.63) is 0 Å². The number of carbonyl (C=O) groups is 3. The SMILES string of the molecule is CCCCCCCCCCCCN(CCCCCCCCCCN(CCCCCCCCCCN(CCCCCCCCCCCC)C(=O)CCCCCCC)C(=O)Cl)C(=O)CCCCCCC. The molecule has 7 heteroatoms. The molecule has 0 rings (SSSR count). The number of carbonyl (C=O) groups excluding carboxylic acids is 3. The molecule has 0 bridgehead atoms. The number of rotatable bonds is 56. The van der Waals surface area contributed by atoms with Crippen LogP contribution in [-0.4, -0.2) is 71.1 Å². The Bertz CT molecular complexity index is 984. The quantitative estimate of drug-likeness (QED) is 0.0347. The molecule has 0 heterocycles. The van der Waals surface area contributed by atoms with Crippen LogP contribution in [0.25, 0.3) is 0 Å². The summed E-state index contributed by atoms with van der Waals surface area (Å²) < 4.78 is 0.